The van der Waals surface area contributed by atoms with Gasteiger partial charge in [0.25, 0.3) is 0 Å². The minimum atomic E-state index is -0.991. The van der Waals surface area contributed by atoms with Gasteiger partial charge in [0, 0.05) is 18.0 Å². The number of hydrogen-bond donors (Lipinski definition) is 2. The van der Waals surface area contributed by atoms with Gasteiger partial charge in [-0.15, -0.1) is 0 Å². The van der Waals surface area contributed by atoms with Gasteiger partial charge in [0.2, 0.25) is 0 Å². The fourth-order valence-electron chi connectivity index (χ4n) is 1.60. The summed E-state index contributed by atoms with van der Waals surface area (Å²) in [7, 11) is 0. The van der Waals surface area contributed by atoms with Crippen molar-refractivity contribution in [3.8, 4) is 5.75 Å². The molecule has 7 heteroatoms. The summed E-state index contributed by atoms with van der Waals surface area (Å²) in [4.78, 5) is 13.8. The molecule has 1 rings (SSSR count). The average Bonchev–Trinajstić information content (AvgIpc) is 2.39. The first-order valence-corrected chi connectivity index (χ1v) is 5.88. The van der Waals surface area contributed by atoms with Crippen LogP contribution in [0.25, 0.3) is 10.4 Å². The molecule has 2 N–H and O–H groups in total. The molecule has 0 aliphatic carbocycles. The number of aliphatic carboxylic acids is 1. The van der Waals surface area contributed by atoms with E-state index < -0.39 is 12.0 Å². The van der Waals surface area contributed by atoms with Crippen LogP contribution in [-0.2, 0) is 4.79 Å². The van der Waals surface area contributed by atoms with Gasteiger partial charge in [-0.05, 0) is 30.2 Å². The van der Waals surface area contributed by atoms with E-state index in [9.17, 15) is 9.90 Å². The number of rotatable bonds is 8. The van der Waals surface area contributed by atoms with Crippen LogP contribution >= 0.6 is 0 Å². The molecule has 0 aliphatic heterocycles. The third-order valence-corrected chi connectivity index (χ3v) is 2.37. The Morgan fingerprint density at radius 2 is 2.42 bits per heavy atom. The Balaban J connectivity index is 2.77. The Bertz CT molecular complexity index is 472. The van der Waals surface area contributed by atoms with Gasteiger partial charge in [-0.25, -0.2) is 0 Å². The van der Waals surface area contributed by atoms with Crippen LogP contribution in [0, 0.1) is 0 Å². The average molecular weight is 264 g/mol. The molecule has 19 heavy (non-hydrogen) atoms. The molecule has 0 amide bonds. The fourth-order valence-corrected chi connectivity index (χ4v) is 1.60. The predicted octanol–water partition coefficient (Wildman–Crippen LogP) is 2.11. The first-order chi connectivity index (χ1) is 9.19. The summed E-state index contributed by atoms with van der Waals surface area (Å²) in [6.07, 6.45) is 0. The predicted molar refractivity (Wildman–Crippen MR) is 70.0 cm³/mol. The standard InChI is InChI=1S/C12H16N4O3/c1-2-19-10-5-3-4-9(8-10)11(12(17)18)14-6-7-15-16-13/h3-5,8,11,14H,2,6-7H2,1H3,(H,17,18). The molecule has 0 fully saturated rings. The molecule has 0 radical (unpaired) electrons. The van der Waals surface area contributed by atoms with Gasteiger partial charge in [-0.3, -0.25) is 4.79 Å². The van der Waals surface area contributed by atoms with E-state index in [-0.39, 0.29) is 6.54 Å². The smallest absolute Gasteiger partial charge is 0.325 e. The van der Waals surface area contributed by atoms with Crippen LogP contribution in [-0.4, -0.2) is 30.8 Å². The second kappa shape index (κ2) is 7.97. The molecular weight excluding hydrogens is 248 g/mol. The molecule has 1 aromatic carbocycles. The largest absolute Gasteiger partial charge is 0.494 e. The number of nitrogens with zero attached hydrogens (tertiary/aromatic N) is 3. The highest BCUT2D eigenvalue weighted by atomic mass is 16.5. The third kappa shape index (κ3) is 4.87. The van der Waals surface area contributed by atoms with Crippen LogP contribution in [0.15, 0.2) is 29.4 Å². The molecule has 102 valence electrons. The summed E-state index contributed by atoms with van der Waals surface area (Å²) in [6.45, 7) is 2.87. The molecule has 0 aliphatic rings. The summed E-state index contributed by atoms with van der Waals surface area (Å²) in [5.41, 5.74) is 8.75. The highest BCUT2D eigenvalue weighted by Crippen LogP contribution is 2.19. The summed E-state index contributed by atoms with van der Waals surface area (Å²) in [5.74, 6) is -0.363. The van der Waals surface area contributed by atoms with Crippen molar-refractivity contribution in [2.45, 2.75) is 13.0 Å². The molecule has 0 saturated heterocycles. The molecule has 0 bridgehead atoms. The Hall–Kier alpha value is -2.24. The van der Waals surface area contributed by atoms with Crippen LogP contribution in [0.4, 0.5) is 0 Å². The molecule has 7 nitrogen and oxygen atoms in total. The second-order valence-electron chi connectivity index (χ2n) is 3.69. The number of azide groups is 1. The number of carbonyl (C=O) groups is 1. The van der Waals surface area contributed by atoms with Gasteiger partial charge in [0.05, 0.1) is 6.61 Å². The van der Waals surface area contributed by atoms with Crippen molar-refractivity contribution >= 4 is 5.97 Å². The van der Waals surface area contributed by atoms with E-state index in [2.05, 4.69) is 15.3 Å². The second-order valence-corrected chi connectivity index (χ2v) is 3.69. The molecule has 0 heterocycles. The summed E-state index contributed by atoms with van der Waals surface area (Å²) >= 11 is 0. The Kier molecular flexibility index (Phi) is 6.21. The SMILES string of the molecule is CCOc1cccc(C(NCCN=[N+]=[N-])C(=O)O)c1. The Morgan fingerprint density at radius 3 is 3.05 bits per heavy atom. The zero-order valence-electron chi connectivity index (χ0n) is 10.6. The Morgan fingerprint density at radius 1 is 1.63 bits per heavy atom. The number of nitrogens with one attached hydrogen (secondary N) is 1. The van der Waals surface area contributed by atoms with E-state index in [1.807, 2.05) is 6.92 Å². The maximum atomic E-state index is 11.2. The number of benzene rings is 1. The zero-order valence-corrected chi connectivity index (χ0v) is 10.6. The van der Waals surface area contributed by atoms with E-state index in [0.717, 1.165) is 0 Å². The van der Waals surface area contributed by atoms with Crippen molar-refractivity contribution in [3.05, 3.63) is 40.3 Å². The first-order valence-electron chi connectivity index (χ1n) is 5.88. The number of ether oxygens (including phenoxy) is 1. The van der Waals surface area contributed by atoms with Gasteiger partial charge in [-0.2, -0.15) is 0 Å². The summed E-state index contributed by atoms with van der Waals surface area (Å²) < 4.78 is 5.33. The Labute approximate surface area is 110 Å². The van der Waals surface area contributed by atoms with Crippen molar-refractivity contribution in [1.29, 1.82) is 0 Å². The molecule has 1 atom stereocenters. The van der Waals surface area contributed by atoms with Crippen molar-refractivity contribution in [2.75, 3.05) is 19.7 Å². The van der Waals surface area contributed by atoms with Crippen molar-refractivity contribution < 1.29 is 14.6 Å². The zero-order chi connectivity index (χ0) is 14.1. The lowest BCUT2D eigenvalue weighted by Gasteiger charge is -2.15. The van der Waals surface area contributed by atoms with Crippen LogP contribution in [0.1, 0.15) is 18.5 Å². The maximum Gasteiger partial charge on any atom is 0.325 e. The summed E-state index contributed by atoms with van der Waals surface area (Å²) in [6, 6.07) is 6.05. The third-order valence-electron chi connectivity index (χ3n) is 2.37. The molecule has 1 unspecified atom stereocenters. The molecule has 0 aromatic heterocycles. The molecule has 1 aromatic rings. The van der Waals surface area contributed by atoms with E-state index >= 15 is 0 Å². The van der Waals surface area contributed by atoms with Gasteiger partial charge < -0.3 is 15.2 Å². The molecular formula is C12H16N4O3. The number of carboxylic acid groups (broad SMARTS) is 1. The summed E-state index contributed by atoms with van der Waals surface area (Å²) in [5, 5.41) is 15.4. The lowest BCUT2D eigenvalue weighted by atomic mass is 10.1. The minimum absolute atomic E-state index is 0.200. The molecule has 0 spiro atoms. The maximum absolute atomic E-state index is 11.2. The highest BCUT2D eigenvalue weighted by Gasteiger charge is 2.19. The fraction of sp³-hybridized carbons (Fsp3) is 0.417. The van der Waals surface area contributed by atoms with Gasteiger partial charge in [0.15, 0.2) is 0 Å². The first kappa shape index (κ1) is 14.8. The van der Waals surface area contributed by atoms with Crippen molar-refractivity contribution in [3.63, 3.8) is 0 Å². The quantitative estimate of drug-likeness (QED) is 0.324. The van der Waals surface area contributed by atoms with E-state index in [1.165, 1.54) is 0 Å². The van der Waals surface area contributed by atoms with Gasteiger partial charge in [0.1, 0.15) is 11.8 Å². The van der Waals surface area contributed by atoms with Gasteiger partial charge >= 0.3 is 5.97 Å². The van der Waals surface area contributed by atoms with Gasteiger partial charge in [-0.1, -0.05) is 17.2 Å². The van der Waals surface area contributed by atoms with Crippen LogP contribution in [0.3, 0.4) is 0 Å². The molecule has 0 saturated carbocycles. The normalized spacial score (nSPS) is 11.4. The number of carboxylic acids is 1. The highest BCUT2D eigenvalue weighted by molar-refractivity contribution is 5.75. The van der Waals surface area contributed by atoms with Crippen molar-refractivity contribution in [2.24, 2.45) is 5.11 Å². The van der Waals surface area contributed by atoms with Crippen LogP contribution in [0.2, 0.25) is 0 Å². The van der Waals surface area contributed by atoms with Crippen LogP contribution < -0.4 is 10.1 Å². The lowest BCUT2D eigenvalue weighted by molar-refractivity contribution is -0.139. The van der Waals surface area contributed by atoms with E-state index in [4.69, 9.17) is 10.3 Å². The number of hydrogen-bond acceptors (Lipinski definition) is 4. The van der Waals surface area contributed by atoms with Crippen molar-refractivity contribution in [1.82, 2.24) is 5.32 Å². The lowest BCUT2D eigenvalue weighted by Crippen LogP contribution is -2.30. The topological polar surface area (TPSA) is 107 Å². The monoisotopic (exact) mass is 264 g/mol. The van der Waals surface area contributed by atoms with E-state index in [0.29, 0.717) is 24.5 Å². The van der Waals surface area contributed by atoms with Crippen LogP contribution in [0.5, 0.6) is 5.75 Å². The minimum Gasteiger partial charge on any atom is -0.494 e. The van der Waals surface area contributed by atoms with E-state index in [1.54, 1.807) is 24.3 Å².